The average molecular weight is 232 g/mol. The summed E-state index contributed by atoms with van der Waals surface area (Å²) in [5.41, 5.74) is 2.65. The van der Waals surface area contributed by atoms with Crippen molar-refractivity contribution in [2.45, 2.75) is 31.8 Å². The molecule has 1 unspecified atom stereocenters. The topological polar surface area (TPSA) is 18.5 Å². The SMILES string of the molecule is COc1ccc(/C=C2\CCCCC2OC)cc1. The van der Waals surface area contributed by atoms with Crippen molar-refractivity contribution in [3.05, 3.63) is 35.4 Å². The Morgan fingerprint density at radius 1 is 1.12 bits per heavy atom. The molecule has 0 aliphatic heterocycles. The molecule has 2 heteroatoms. The first-order valence-electron chi connectivity index (χ1n) is 6.21. The predicted octanol–water partition coefficient (Wildman–Crippen LogP) is 3.67. The van der Waals surface area contributed by atoms with Gasteiger partial charge in [0, 0.05) is 7.11 Å². The Morgan fingerprint density at radius 3 is 2.53 bits per heavy atom. The summed E-state index contributed by atoms with van der Waals surface area (Å²) < 4.78 is 10.7. The summed E-state index contributed by atoms with van der Waals surface area (Å²) in [6, 6.07) is 8.17. The summed E-state index contributed by atoms with van der Waals surface area (Å²) in [7, 11) is 3.49. The van der Waals surface area contributed by atoms with Gasteiger partial charge in [-0.2, -0.15) is 0 Å². The third-order valence-electron chi connectivity index (χ3n) is 3.35. The molecule has 1 atom stereocenters. The fourth-order valence-electron chi connectivity index (χ4n) is 2.35. The van der Waals surface area contributed by atoms with Crippen LogP contribution in [0.4, 0.5) is 0 Å². The molecule has 0 N–H and O–H groups in total. The molecule has 0 saturated heterocycles. The van der Waals surface area contributed by atoms with Crippen LogP contribution in [-0.4, -0.2) is 20.3 Å². The van der Waals surface area contributed by atoms with Crippen molar-refractivity contribution < 1.29 is 9.47 Å². The molecule has 1 aromatic carbocycles. The van der Waals surface area contributed by atoms with Crippen LogP contribution in [0.15, 0.2) is 29.8 Å². The van der Waals surface area contributed by atoms with Gasteiger partial charge in [0.25, 0.3) is 0 Å². The van der Waals surface area contributed by atoms with Crippen molar-refractivity contribution in [1.29, 1.82) is 0 Å². The van der Waals surface area contributed by atoms with E-state index in [1.165, 1.54) is 24.0 Å². The zero-order valence-corrected chi connectivity index (χ0v) is 10.6. The van der Waals surface area contributed by atoms with Gasteiger partial charge < -0.3 is 9.47 Å². The predicted molar refractivity (Wildman–Crippen MR) is 70.2 cm³/mol. The van der Waals surface area contributed by atoms with E-state index in [4.69, 9.17) is 9.47 Å². The lowest BCUT2D eigenvalue weighted by atomic mass is 9.90. The molecule has 1 saturated carbocycles. The highest BCUT2D eigenvalue weighted by atomic mass is 16.5. The Labute approximate surface area is 103 Å². The maximum atomic E-state index is 5.53. The lowest BCUT2D eigenvalue weighted by molar-refractivity contribution is 0.110. The van der Waals surface area contributed by atoms with Gasteiger partial charge in [0.1, 0.15) is 5.75 Å². The molecular weight excluding hydrogens is 212 g/mol. The van der Waals surface area contributed by atoms with Crippen molar-refractivity contribution in [1.82, 2.24) is 0 Å². The van der Waals surface area contributed by atoms with Gasteiger partial charge in [-0.1, -0.05) is 24.6 Å². The summed E-state index contributed by atoms with van der Waals surface area (Å²) in [6.45, 7) is 0. The highest BCUT2D eigenvalue weighted by molar-refractivity contribution is 5.55. The van der Waals surface area contributed by atoms with E-state index < -0.39 is 0 Å². The Bertz CT molecular complexity index is 378. The van der Waals surface area contributed by atoms with Crippen LogP contribution in [0.2, 0.25) is 0 Å². The maximum Gasteiger partial charge on any atom is 0.118 e. The molecule has 1 aliphatic rings. The Morgan fingerprint density at radius 2 is 1.88 bits per heavy atom. The summed E-state index contributed by atoms with van der Waals surface area (Å²) in [4.78, 5) is 0. The minimum Gasteiger partial charge on any atom is -0.497 e. The minimum atomic E-state index is 0.311. The molecule has 0 amide bonds. The van der Waals surface area contributed by atoms with Gasteiger partial charge in [-0.05, 0) is 42.5 Å². The van der Waals surface area contributed by atoms with Crippen LogP contribution in [0.25, 0.3) is 6.08 Å². The first-order valence-corrected chi connectivity index (χ1v) is 6.21. The van der Waals surface area contributed by atoms with Crippen LogP contribution in [0.1, 0.15) is 31.2 Å². The van der Waals surface area contributed by atoms with E-state index >= 15 is 0 Å². The highest BCUT2D eigenvalue weighted by Crippen LogP contribution is 2.27. The van der Waals surface area contributed by atoms with E-state index in [0.717, 1.165) is 18.6 Å². The first kappa shape index (κ1) is 12.2. The summed E-state index contributed by atoms with van der Waals surface area (Å²) in [5, 5.41) is 0. The fraction of sp³-hybridized carbons (Fsp3) is 0.467. The third-order valence-corrected chi connectivity index (χ3v) is 3.35. The van der Waals surface area contributed by atoms with Crippen LogP contribution in [0, 0.1) is 0 Å². The minimum absolute atomic E-state index is 0.311. The molecule has 0 aromatic heterocycles. The van der Waals surface area contributed by atoms with Gasteiger partial charge in [0.05, 0.1) is 13.2 Å². The quantitative estimate of drug-likeness (QED) is 0.791. The Kier molecular flexibility index (Phi) is 4.21. The number of benzene rings is 1. The van der Waals surface area contributed by atoms with Gasteiger partial charge in [-0.25, -0.2) is 0 Å². The second kappa shape index (κ2) is 5.87. The van der Waals surface area contributed by atoms with E-state index in [9.17, 15) is 0 Å². The largest absolute Gasteiger partial charge is 0.497 e. The number of hydrogen-bond donors (Lipinski definition) is 0. The van der Waals surface area contributed by atoms with E-state index in [0.29, 0.717) is 6.10 Å². The van der Waals surface area contributed by atoms with Gasteiger partial charge >= 0.3 is 0 Å². The van der Waals surface area contributed by atoms with Crippen molar-refractivity contribution in [3.8, 4) is 5.75 Å². The number of methoxy groups -OCH3 is 2. The van der Waals surface area contributed by atoms with Gasteiger partial charge in [0.2, 0.25) is 0 Å². The Balaban J connectivity index is 2.15. The zero-order chi connectivity index (χ0) is 12.1. The number of ether oxygens (including phenoxy) is 2. The molecule has 1 aliphatic carbocycles. The normalized spacial score (nSPS) is 22.7. The smallest absolute Gasteiger partial charge is 0.118 e. The number of hydrogen-bond acceptors (Lipinski definition) is 2. The molecule has 1 fully saturated rings. The van der Waals surface area contributed by atoms with Crippen molar-refractivity contribution in [2.24, 2.45) is 0 Å². The molecular formula is C15H20O2. The van der Waals surface area contributed by atoms with Crippen molar-refractivity contribution in [2.75, 3.05) is 14.2 Å². The molecule has 2 nitrogen and oxygen atoms in total. The molecule has 1 aromatic rings. The molecule has 0 heterocycles. The summed E-state index contributed by atoms with van der Waals surface area (Å²) >= 11 is 0. The first-order chi connectivity index (χ1) is 8.33. The van der Waals surface area contributed by atoms with Crippen LogP contribution in [0.3, 0.4) is 0 Å². The molecule has 0 bridgehead atoms. The maximum absolute atomic E-state index is 5.53. The van der Waals surface area contributed by atoms with E-state index in [1.54, 1.807) is 14.2 Å². The molecule has 0 radical (unpaired) electrons. The van der Waals surface area contributed by atoms with Gasteiger partial charge in [0.15, 0.2) is 0 Å². The monoisotopic (exact) mass is 232 g/mol. The van der Waals surface area contributed by atoms with Gasteiger partial charge in [-0.15, -0.1) is 0 Å². The standard InChI is InChI=1S/C15H20O2/c1-16-14-9-7-12(8-10-14)11-13-5-3-4-6-15(13)17-2/h7-11,15H,3-6H2,1-2H3/b13-11+. The lowest BCUT2D eigenvalue weighted by Crippen LogP contribution is -2.17. The van der Waals surface area contributed by atoms with Crippen molar-refractivity contribution in [3.63, 3.8) is 0 Å². The lowest BCUT2D eigenvalue weighted by Gasteiger charge is -2.24. The number of rotatable bonds is 3. The second-order valence-electron chi connectivity index (χ2n) is 4.46. The van der Waals surface area contributed by atoms with E-state index in [-0.39, 0.29) is 0 Å². The van der Waals surface area contributed by atoms with Crippen LogP contribution >= 0.6 is 0 Å². The second-order valence-corrected chi connectivity index (χ2v) is 4.46. The van der Waals surface area contributed by atoms with Crippen molar-refractivity contribution >= 4 is 6.08 Å². The van der Waals surface area contributed by atoms with Crippen LogP contribution in [0.5, 0.6) is 5.75 Å². The summed E-state index contributed by atoms with van der Waals surface area (Å²) in [6.07, 6.45) is 7.43. The van der Waals surface area contributed by atoms with E-state index in [2.05, 4.69) is 18.2 Å². The van der Waals surface area contributed by atoms with Gasteiger partial charge in [-0.3, -0.25) is 0 Å². The molecule has 92 valence electrons. The molecule has 2 rings (SSSR count). The summed E-state index contributed by atoms with van der Waals surface area (Å²) in [5.74, 6) is 0.902. The van der Waals surface area contributed by atoms with Crippen LogP contribution in [-0.2, 0) is 4.74 Å². The zero-order valence-electron chi connectivity index (χ0n) is 10.6. The van der Waals surface area contributed by atoms with Crippen LogP contribution < -0.4 is 4.74 Å². The molecule has 0 spiro atoms. The highest BCUT2D eigenvalue weighted by Gasteiger charge is 2.17. The van der Waals surface area contributed by atoms with E-state index in [1.807, 2.05) is 12.1 Å². The fourth-order valence-corrected chi connectivity index (χ4v) is 2.35. The third kappa shape index (κ3) is 3.10. The average Bonchev–Trinajstić information content (AvgIpc) is 2.40. The Hall–Kier alpha value is -1.28. The molecule has 17 heavy (non-hydrogen) atoms.